The Kier molecular flexibility index (Phi) is 2.27. The van der Waals surface area contributed by atoms with Crippen LogP contribution in [0.3, 0.4) is 0 Å². The first kappa shape index (κ1) is 7.54. The van der Waals surface area contributed by atoms with Crippen LogP contribution < -0.4 is 0 Å². The highest BCUT2D eigenvalue weighted by Crippen LogP contribution is 2.22. The molecule has 0 aromatic heterocycles. The fourth-order valence-electron chi connectivity index (χ4n) is 0.744. The van der Waals surface area contributed by atoms with Crippen molar-refractivity contribution in [3.05, 3.63) is 23.0 Å². The molecule has 0 spiro atoms. The van der Waals surface area contributed by atoms with Crippen LogP contribution in [0.4, 0.5) is 4.39 Å². The molecule has 1 heterocycles. The molecule has 0 fully saturated rings. The lowest BCUT2D eigenvalue weighted by atomic mass is 10.4. The number of allylic oxidation sites excluding steroid dienone is 1. The van der Waals surface area contributed by atoms with Crippen LogP contribution in [0.1, 0.15) is 0 Å². The maximum absolute atomic E-state index is 12.9. The molecule has 0 saturated carbocycles. The van der Waals surface area contributed by atoms with Crippen LogP contribution in [-0.4, -0.2) is 24.1 Å². The standard InChI is InChI=1S/C7H9FNS/c1-9-5-3-4-6(10-2)7(9)8/h3-4H,1,5H2,2H3/q+1. The molecule has 1 aliphatic rings. The van der Waals surface area contributed by atoms with E-state index in [0.717, 1.165) is 0 Å². The zero-order chi connectivity index (χ0) is 7.56. The van der Waals surface area contributed by atoms with E-state index in [4.69, 9.17) is 0 Å². The molecular weight excluding hydrogens is 149 g/mol. The van der Waals surface area contributed by atoms with Gasteiger partial charge in [0.2, 0.25) is 0 Å². The first-order valence-corrected chi connectivity index (χ1v) is 4.16. The van der Waals surface area contributed by atoms with Crippen LogP contribution in [0.15, 0.2) is 23.0 Å². The van der Waals surface area contributed by atoms with E-state index >= 15 is 0 Å². The van der Waals surface area contributed by atoms with Crippen LogP contribution in [0.5, 0.6) is 0 Å². The maximum Gasteiger partial charge on any atom is 0.373 e. The van der Waals surface area contributed by atoms with Gasteiger partial charge in [0.15, 0.2) is 6.54 Å². The Hall–Kier alpha value is -0.570. The molecule has 0 unspecified atom stereocenters. The summed E-state index contributed by atoms with van der Waals surface area (Å²) in [4.78, 5) is 0.654. The fraction of sp³-hybridized carbons (Fsp3) is 0.286. The zero-order valence-corrected chi connectivity index (χ0v) is 6.62. The van der Waals surface area contributed by atoms with Gasteiger partial charge in [-0.1, -0.05) is 0 Å². The Labute approximate surface area is 63.9 Å². The Balaban J connectivity index is 2.93. The van der Waals surface area contributed by atoms with Gasteiger partial charge < -0.3 is 0 Å². The average Bonchev–Trinajstić information content (AvgIpc) is 1.95. The minimum Gasteiger partial charge on any atom is -0.176 e. The van der Waals surface area contributed by atoms with Crippen molar-refractivity contribution in [1.29, 1.82) is 0 Å². The third-order valence-electron chi connectivity index (χ3n) is 1.30. The molecule has 3 heteroatoms. The molecule has 0 N–H and O–H groups in total. The second-order valence-corrected chi connectivity index (χ2v) is 2.83. The summed E-state index contributed by atoms with van der Waals surface area (Å²) in [7, 11) is 0. The van der Waals surface area contributed by atoms with Crippen LogP contribution in [0, 0.1) is 0 Å². The number of rotatable bonds is 1. The van der Waals surface area contributed by atoms with E-state index in [0.29, 0.717) is 11.4 Å². The van der Waals surface area contributed by atoms with Gasteiger partial charge in [-0.3, -0.25) is 0 Å². The van der Waals surface area contributed by atoms with Gasteiger partial charge in [-0.15, -0.1) is 16.2 Å². The number of thioether (sulfide) groups is 1. The van der Waals surface area contributed by atoms with E-state index in [1.165, 1.54) is 16.3 Å². The molecule has 0 aliphatic carbocycles. The summed E-state index contributed by atoms with van der Waals surface area (Å²) < 4.78 is 14.3. The fourth-order valence-corrected chi connectivity index (χ4v) is 1.27. The summed E-state index contributed by atoms with van der Waals surface area (Å²) in [5.41, 5.74) is 0. The van der Waals surface area contributed by atoms with Gasteiger partial charge in [-0.05, 0) is 18.4 Å². The summed E-state index contributed by atoms with van der Waals surface area (Å²) in [5, 5.41) is 0. The summed E-state index contributed by atoms with van der Waals surface area (Å²) >= 11 is 1.39. The van der Waals surface area contributed by atoms with Crippen molar-refractivity contribution in [3.8, 4) is 0 Å². The molecule has 0 aromatic rings. The Morgan fingerprint density at radius 2 is 2.50 bits per heavy atom. The predicted octanol–water partition coefficient (Wildman–Crippen LogP) is 1.77. The SMILES string of the molecule is C=[N+]1CC=CC(SC)=C1F. The van der Waals surface area contributed by atoms with Gasteiger partial charge in [0, 0.05) is 0 Å². The van der Waals surface area contributed by atoms with E-state index in [1.807, 2.05) is 12.3 Å². The molecule has 0 atom stereocenters. The molecule has 1 aliphatic heterocycles. The van der Waals surface area contributed by atoms with E-state index in [9.17, 15) is 4.39 Å². The van der Waals surface area contributed by atoms with Crippen LogP contribution in [0.2, 0.25) is 0 Å². The van der Waals surface area contributed by atoms with Gasteiger partial charge in [-0.2, -0.15) is 4.58 Å². The lowest BCUT2D eigenvalue weighted by Gasteiger charge is -2.02. The number of hydrogen-bond acceptors (Lipinski definition) is 1. The van der Waals surface area contributed by atoms with E-state index < -0.39 is 0 Å². The summed E-state index contributed by atoms with van der Waals surface area (Å²) in [6.07, 6.45) is 5.52. The van der Waals surface area contributed by atoms with Gasteiger partial charge in [0.1, 0.15) is 11.6 Å². The Morgan fingerprint density at radius 1 is 1.80 bits per heavy atom. The summed E-state index contributed by atoms with van der Waals surface area (Å²) in [6.45, 7) is 4.08. The smallest absolute Gasteiger partial charge is 0.176 e. The van der Waals surface area contributed by atoms with Crippen molar-refractivity contribution in [1.82, 2.24) is 0 Å². The highest BCUT2D eigenvalue weighted by molar-refractivity contribution is 8.02. The lowest BCUT2D eigenvalue weighted by Crippen LogP contribution is -2.10. The highest BCUT2D eigenvalue weighted by Gasteiger charge is 2.16. The third kappa shape index (κ3) is 1.29. The molecule has 1 nitrogen and oxygen atoms in total. The van der Waals surface area contributed by atoms with Crippen molar-refractivity contribution in [2.24, 2.45) is 0 Å². The minimum atomic E-state index is -0.227. The minimum absolute atomic E-state index is 0.227. The van der Waals surface area contributed by atoms with E-state index in [-0.39, 0.29) is 5.95 Å². The quantitative estimate of drug-likeness (QED) is 0.415. The normalized spacial score (nSPS) is 18.4. The second-order valence-electron chi connectivity index (χ2n) is 1.98. The molecule has 0 bridgehead atoms. The van der Waals surface area contributed by atoms with Crippen LogP contribution in [-0.2, 0) is 0 Å². The molecule has 0 aromatic carbocycles. The first-order chi connectivity index (χ1) is 4.75. The van der Waals surface area contributed by atoms with Gasteiger partial charge in [-0.25, -0.2) is 0 Å². The Morgan fingerprint density at radius 3 is 3.00 bits per heavy atom. The number of hydrogen-bond donors (Lipinski definition) is 0. The monoisotopic (exact) mass is 158 g/mol. The third-order valence-corrected chi connectivity index (χ3v) is 2.04. The highest BCUT2D eigenvalue weighted by atomic mass is 32.2. The average molecular weight is 158 g/mol. The second kappa shape index (κ2) is 3.01. The zero-order valence-electron chi connectivity index (χ0n) is 5.80. The van der Waals surface area contributed by atoms with Crippen molar-refractivity contribution in [2.75, 3.05) is 12.8 Å². The molecular formula is C7H9FNS+. The molecule has 1 rings (SSSR count). The number of halogens is 1. The van der Waals surface area contributed by atoms with Crippen LogP contribution in [0.25, 0.3) is 0 Å². The van der Waals surface area contributed by atoms with Crippen molar-refractivity contribution < 1.29 is 8.97 Å². The molecule has 10 heavy (non-hydrogen) atoms. The predicted molar refractivity (Wildman–Crippen MR) is 43.0 cm³/mol. The van der Waals surface area contributed by atoms with Crippen molar-refractivity contribution in [2.45, 2.75) is 0 Å². The first-order valence-electron chi connectivity index (χ1n) is 2.94. The molecule has 0 amide bonds. The van der Waals surface area contributed by atoms with Crippen LogP contribution >= 0.6 is 11.8 Å². The van der Waals surface area contributed by atoms with Crippen molar-refractivity contribution in [3.63, 3.8) is 0 Å². The lowest BCUT2D eigenvalue weighted by molar-refractivity contribution is -0.479. The maximum atomic E-state index is 12.9. The summed E-state index contributed by atoms with van der Waals surface area (Å²) in [6, 6.07) is 0. The van der Waals surface area contributed by atoms with Gasteiger partial charge in [0.25, 0.3) is 0 Å². The topological polar surface area (TPSA) is 3.01 Å². The molecule has 0 radical (unpaired) electrons. The largest absolute Gasteiger partial charge is 0.373 e. The molecule has 0 saturated heterocycles. The van der Waals surface area contributed by atoms with E-state index in [2.05, 4.69) is 6.72 Å². The summed E-state index contributed by atoms with van der Waals surface area (Å²) in [5.74, 6) is -0.227. The Bertz CT molecular complexity index is 218. The molecule has 54 valence electrons. The van der Waals surface area contributed by atoms with E-state index in [1.54, 1.807) is 6.08 Å². The van der Waals surface area contributed by atoms with Gasteiger partial charge in [0.05, 0.1) is 0 Å². The van der Waals surface area contributed by atoms with Crippen molar-refractivity contribution >= 4 is 18.5 Å². The number of nitrogens with zero attached hydrogens (tertiary/aromatic N) is 1. The van der Waals surface area contributed by atoms with Gasteiger partial charge >= 0.3 is 5.95 Å².